The maximum Gasteiger partial charge on any atom is 0.325 e. The zero-order valence-electron chi connectivity index (χ0n) is 14.5. The van der Waals surface area contributed by atoms with E-state index in [9.17, 15) is 14.4 Å². The maximum absolute atomic E-state index is 11.9. The highest BCUT2D eigenvalue weighted by Crippen LogP contribution is 2.13. The summed E-state index contributed by atoms with van der Waals surface area (Å²) >= 11 is 5.75. The Kier molecular flexibility index (Phi) is 6.74. The molecule has 7 heteroatoms. The fraction of sp³-hybridized carbons (Fsp3) is 0.211. The van der Waals surface area contributed by atoms with E-state index in [1.165, 1.54) is 0 Å². The van der Waals surface area contributed by atoms with Crippen molar-refractivity contribution in [2.75, 3.05) is 18.5 Å². The minimum absolute atomic E-state index is 0.335. The van der Waals surface area contributed by atoms with Crippen LogP contribution in [0.5, 0.6) is 0 Å². The third kappa shape index (κ3) is 6.22. The van der Waals surface area contributed by atoms with E-state index in [0.29, 0.717) is 16.3 Å². The highest BCUT2D eigenvalue weighted by molar-refractivity contribution is 6.30. The van der Waals surface area contributed by atoms with Crippen LogP contribution in [0.15, 0.2) is 42.5 Å². The van der Waals surface area contributed by atoms with Crippen LogP contribution in [0.4, 0.5) is 5.69 Å². The highest BCUT2D eigenvalue weighted by atomic mass is 35.5. The molecule has 0 unspecified atom stereocenters. The summed E-state index contributed by atoms with van der Waals surface area (Å²) in [7, 11) is 0. The Morgan fingerprint density at radius 3 is 2.23 bits per heavy atom. The third-order valence-electron chi connectivity index (χ3n) is 3.37. The number of nitrogens with one attached hydrogen (secondary N) is 2. The first-order chi connectivity index (χ1) is 12.3. The van der Waals surface area contributed by atoms with Crippen LogP contribution in [0.2, 0.25) is 5.02 Å². The summed E-state index contributed by atoms with van der Waals surface area (Å²) in [6.45, 7) is 3.08. The number of aryl methyl sites for hydroxylation is 2. The molecule has 0 heterocycles. The molecule has 0 saturated carbocycles. The molecule has 0 aliphatic rings. The van der Waals surface area contributed by atoms with Crippen molar-refractivity contribution < 1.29 is 19.1 Å². The number of carbonyl (C=O) groups excluding carboxylic acids is 3. The van der Waals surface area contributed by atoms with Gasteiger partial charge in [0, 0.05) is 16.3 Å². The predicted octanol–water partition coefficient (Wildman–Crippen LogP) is 2.87. The van der Waals surface area contributed by atoms with Crippen molar-refractivity contribution >= 4 is 35.1 Å². The lowest BCUT2D eigenvalue weighted by Gasteiger charge is -2.09. The van der Waals surface area contributed by atoms with Gasteiger partial charge in [0.15, 0.2) is 6.61 Å². The first kappa shape index (κ1) is 19.5. The van der Waals surface area contributed by atoms with E-state index in [2.05, 4.69) is 10.6 Å². The van der Waals surface area contributed by atoms with Crippen LogP contribution in [0.1, 0.15) is 21.5 Å². The van der Waals surface area contributed by atoms with Crippen molar-refractivity contribution in [2.24, 2.45) is 0 Å². The van der Waals surface area contributed by atoms with Gasteiger partial charge in [-0.15, -0.1) is 0 Å². The molecule has 0 aliphatic carbocycles. The summed E-state index contributed by atoms with van der Waals surface area (Å²) in [6.07, 6.45) is 0. The Bertz CT molecular complexity index is 799. The summed E-state index contributed by atoms with van der Waals surface area (Å²) < 4.78 is 4.86. The minimum Gasteiger partial charge on any atom is -0.454 e. The summed E-state index contributed by atoms with van der Waals surface area (Å²) in [6, 6.07) is 11.9. The molecule has 0 bridgehead atoms. The van der Waals surface area contributed by atoms with Gasteiger partial charge < -0.3 is 15.4 Å². The quantitative estimate of drug-likeness (QED) is 0.761. The molecule has 2 aromatic rings. The number of anilines is 1. The average molecular weight is 375 g/mol. The van der Waals surface area contributed by atoms with Crippen LogP contribution >= 0.6 is 11.6 Å². The van der Waals surface area contributed by atoms with Crippen molar-refractivity contribution in [3.63, 3.8) is 0 Å². The topological polar surface area (TPSA) is 84.5 Å². The number of hydrogen-bond acceptors (Lipinski definition) is 4. The van der Waals surface area contributed by atoms with E-state index in [1.807, 2.05) is 32.0 Å². The van der Waals surface area contributed by atoms with Crippen LogP contribution in [-0.2, 0) is 14.3 Å². The number of esters is 1. The highest BCUT2D eigenvalue weighted by Gasteiger charge is 2.11. The Balaban J connectivity index is 1.74. The maximum atomic E-state index is 11.9. The largest absolute Gasteiger partial charge is 0.454 e. The Morgan fingerprint density at radius 1 is 1.00 bits per heavy atom. The second kappa shape index (κ2) is 9.01. The summed E-state index contributed by atoms with van der Waals surface area (Å²) in [5.41, 5.74) is 3.04. The molecule has 0 radical (unpaired) electrons. The van der Waals surface area contributed by atoms with E-state index >= 15 is 0 Å². The Labute approximate surface area is 156 Å². The predicted molar refractivity (Wildman–Crippen MR) is 99.3 cm³/mol. The first-order valence-electron chi connectivity index (χ1n) is 7.91. The Hall–Kier alpha value is -2.86. The molecule has 0 spiro atoms. The number of amides is 2. The van der Waals surface area contributed by atoms with E-state index in [0.717, 1.165) is 11.1 Å². The molecule has 2 aromatic carbocycles. The number of hydrogen-bond donors (Lipinski definition) is 2. The number of carbonyl (C=O) groups is 3. The lowest BCUT2D eigenvalue weighted by atomic mass is 10.1. The molecule has 0 atom stereocenters. The zero-order chi connectivity index (χ0) is 19.1. The van der Waals surface area contributed by atoms with Crippen LogP contribution in [-0.4, -0.2) is 30.9 Å². The molecule has 0 aromatic heterocycles. The summed E-state index contributed by atoms with van der Waals surface area (Å²) in [5.74, 6) is -1.59. The molecule has 2 amide bonds. The van der Waals surface area contributed by atoms with Crippen molar-refractivity contribution in [3.8, 4) is 0 Å². The van der Waals surface area contributed by atoms with Crippen molar-refractivity contribution in [3.05, 3.63) is 64.2 Å². The normalized spacial score (nSPS) is 10.1. The molecule has 2 rings (SSSR count). The second-order valence-corrected chi connectivity index (χ2v) is 6.21. The molecule has 0 saturated heterocycles. The fourth-order valence-corrected chi connectivity index (χ4v) is 2.42. The van der Waals surface area contributed by atoms with Crippen LogP contribution in [0.3, 0.4) is 0 Å². The van der Waals surface area contributed by atoms with Gasteiger partial charge in [0.1, 0.15) is 6.54 Å². The molecule has 136 valence electrons. The number of rotatable bonds is 6. The molecular formula is C19H19ClN2O4. The fourth-order valence-electron chi connectivity index (χ4n) is 2.30. The van der Waals surface area contributed by atoms with Gasteiger partial charge in [0.2, 0.25) is 0 Å². The minimum atomic E-state index is -0.706. The van der Waals surface area contributed by atoms with Gasteiger partial charge in [-0.3, -0.25) is 14.4 Å². The molecule has 26 heavy (non-hydrogen) atoms. The van der Waals surface area contributed by atoms with Gasteiger partial charge in [-0.05, 0) is 61.4 Å². The summed E-state index contributed by atoms with van der Waals surface area (Å²) in [4.78, 5) is 35.4. The number of ether oxygens (including phenoxy) is 1. The first-order valence-corrected chi connectivity index (χ1v) is 8.29. The summed E-state index contributed by atoms with van der Waals surface area (Å²) in [5, 5.41) is 5.59. The van der Waals surface area contributed by atoms with E-state index in [1.54, 1.807) is 24.3 Å². The molecule has 0 fully saturated rings. The van der Waals surface area contributed by atoms with Crippen LogP contribution in [0.25, 0.3) is 0 Å². The second-order valence-electron chi connectivity index (χ2n) is 5.77. The van der Waals surface area contributed by atoms with Gasteiger partial charge in [0.05, 0.1) is 0 Å². The molecule has 0 aliphatic heterocycles. The van der Waals surface area contributed by atoms with E-state index < -0.39 is 24.4 Å². The van der Waals surface area contributed by atoms with Gasteiger partial charge >= 0.3 is 5.97 Å². The van der Waals surface area contributed by atoms with Crippen LogP contribution in [0, 0.1) is 13.8 Å². The Morgan fingerprint density at radius 2 is 1.62 bits per heavy atom. The van der Waals surface area contributed by atoms with Crippen molar-refractivity contribution in [2.45, 2.75) is 13.8 Å². The lowest BCUT2D eigenvalue weighted by Crippen LogP contribution is -2.32. The zero-order valence-corrected chi connectivity index (χ0v) is 15.2. The van der Waals surface area contributed by atoms with E-state index in [-0.39, 0.29) is 6.54 Å². The SMILES string of the molecule is Cc1cc(C)cc(NC(=O)COC(=O)CNC(=O)c2ccc(Cl)cc2)c1. The monoisotopic (exact) mass is 374 g/mol. The smallest absolute Gasteiger partial charge is 0.325 e. The molecule has 2 N–H and O–H groups in total. The number of benzene rings is 2. The molecule has 6 nitrogen and oxygen atoms in total. The van der Waals surface area contributed by atoms with Gasteiger partial charge in [-0.1, -0.05) is 17.7 Å². The molecular weight excluding hydrogens is 356 g/mol. The third-order valence-corrected chi connectivity index (χ3v) is 3.62. The average Bonchev–Trinajstić information content (AvgIpc) is 2.57. The van der Waals surface area contributed by atoms with Gasteiger partial charge in [-0.25, -0.2) is 0 Å². The van der Waals surface area contributed by atoms with E-state index in [4.69, 9.17) is 16.3 Å². The number of halogens is 1. The van der Waals surface area contributed by atoms with Crippen molar-refractivity contribution in [1.29, 1.82) is 0 Å². The van der Waals surface area contributed by atoms with Gasteiger partial charge in [-0.2, -0.15) is 0 Å². The standard InChI is InChI=1S/C19H19ClN2O4/c1-12-7-13(2)9-16(8-12)22-17(23)11-26-18(24)10-21-19(25)14-3-5-15(20)6-4-14/h3-9H,10-11H2,1-2H3,(H,21,25)(H,22,23). The van der Waals surface area contributed by atoms with Crippen molar-refractivity contribution in [1.82, 2.24) is 5.32 Å². The lowest BCUT2D eigenvalue weighted by molar-refractivity contribution is -0.146. The van der Waals surface area contributed by atoms with Gasteiger partial charge in [0.25, 0.3) is 11.8 Å². The van der Waals surface area contributed by atoms with Crippen LogP contribution < -0.4 is 10.6 Å².